The number of carbonyl (C=O) groups excluding carboxylic acids is 1. The number of anilines is 2. The number of pyridine rings is 1. The lowest BCUT2D eigenvalue weighted by atomic mass is 10.1. The minimum absolute atomic E-state index is 0.135. The molecule has 1 aromatic heterocycles. The molecule has 0 aliphatic rings. The van der Waals surface area contributed by atoms with Gasteiger partial charge in [0.25, 0.3) is 5.91 Å². The maximum Gasteiger partial charge on any atom is 0.257 e. The van der Waals surface area contributed by atoms with E-state index in [0.29, 0.717) is 5.56 Å². The van der Waals surface area contributed by atoms with Gasteiger partial charge in [-0.3, -0.25) is 4.79 Å². The van der Waals surface area contributed by atoms with Gasteiger partial charge in [-0.1, -0.05) is 31.9 Å². The van der Waals surface area contributed by atoms with E-state index >= 15 is 0 Å². The van der Waals surface area contributed by atoms with Gasteiger partial charge in [0, 0.05) is 18.4 Å². The van der Waals surface area contributed by atoms with Crippen LogP contribution in [0.3, 0.4) is 0 Å². The van der Waals surface area contributed by atoms with Gasteiger partial charge >= 0.3 is 0 Å². The molecule has 122 valence electrons. The van der Waals surface area contributed by atoms with Gasteiger partial charge in [-0.25, -0.2) is 4.98 Å². The van der Waals surface area contributed by atoms with Gasteiger partial charge in [0.1, 0.15) is 5.82 Å². The number of aromatic nitrogens is 1. The highest BCUT2D eigenvalue weighted by Gasteiger charge is 2.08. The van der Waals surface area contributed by atoms with Gasteiger partial charge in [0.05, 0.1) is 5.56 Å². The molecule has 1 aromatic carbocycles. The van der Waals surface area contributed by atoms with E-state index in [2.05, 4.69) is 22.5 Å². The van der Waals surface area contributed by atoms with E-state index in [4.69, 9.17) is 0 Å². The molecule has 1 amide bonds. The van der Waals surface area contributed by atoms with Crippen LogP contribution in [0.25, 0.3) is 0 Å². The number of nitrogens with zero attached hydrogens (tertiary/aromatic N) is 1. The van der Waals surface area contributed by atoms with E-state index < -0.39 is 0 Å². The predicted molar refractivity (Wildman–Crippen MR) is 96.1 cm³/mol. The molecule has 2 rings (SSSR count). The Balaban J connectivity index is 1.96. The zero-order valence-corrected chi connectivity index (χ0v) is 14.1. The molecule has 0 aliphatic heterocycles. The van der Waals surface area contributed by atoms with Crippen LogP contribution in [0.15, 0.2) is 36.5 Å². The highest BCUT2D eigenvalue weighted by Crippen LogP contribution is 2.17. The molecule has 0 radical (unpaired) electrons. The SMILES string of the molecule is CCCCCNc1ccc(C(=O)Nc2cc(C)ccc2C)cn1. The lowest BCUT2D eigenvalue weighted by molar-refractivity contribution is 0.102. The Kier molecular flexibility index (Phi) is 6.15. The van der Waals surface area contributed by atoms with Crippen molar-refractivity contribution in [2.45, 2.75) is 40.0 Å². The van der Waals surface area contributed by atoms with Crippen molar-refractivity contribution in [2.75, 3.05) is 17.2 Å². The Morgan fingerprint density at radius 3 is 2.65 bits per heavy atom. The van der Waals surface area contributed by atoms with Crippen molar-refractivity contribution in [1.29, 1.82) is 0 Å². The zero-order valence-electron chi connectivity index (χ0n) is 14.1. The highest BCUT2D eigenvalue weighted by atomic mass is 16.1. The van der Waals surface area contributed by atoms with Crippen LogP contribution < -0.4 is 10.6 Å². The number of unbranched alkanes of at least 4 members (excludes halogenated alkanes) is 2. The first-order valence-electron chi connectivity index (χ1n) is 8.18. The molecule has 23 heavy (non-hydrogen) atoms. The van der Waals surface area contributed by atoms with E-state index in [1.807, 2.05) is 38.1 Å². The van der Waals surface area contributed by atoms with Crippen LogP contribution in [0.1, 0.15) is 47.7 Å². The summed E-state index contributed by atoms with van der Waals surface area (Å²) in [4.78, 5) is 16.6. The number of hydrogen-bond donors (Lipinski definition) is 2. The van der Waals surface area contributed by atoms with Crippen molar-refractivity contribution in [3.8, 4) is 0 Å². The highest BCUT2D eigenvalue weighted by molar-refractivity contribution is 6.04. The molecule has 0 saturated carbocycles. The molecule has 0 bridgehead atoms. The zero-order chi connectivity index (χ0) is 16.7. The lowest BCUT2D eigenvalue weighted by Crippen LogP contribution is -2.13. The van der Waals surface area contributed by atoms with E-state index in [0.717, 1.165) is 35.6 Å². The largest absolute Gasteiger partial charge is 0.370 e. The average Bonchev–Trinajstić information content (AvgIpc) is 2.55. The second kappa shape index (κ2) is 8.32. The number of amides is 1. The Labute approximate surface area is 138 Å². The molecular formula is C19H25N3O. The van der Waals surface area contributed by atoms with Crippen molar-refractivity contribution in [3.05, 3.63) is 53.2 Å². The Morgan fingerprint density at radius 1 is 1.13 bits per heavy atom. The summed E-state index contributed by atoms with van der Waals surface area (Å²) in [7, 11) is 0. The maximum absolute atomic E-state index is 12.3. The minimum atomic E-state index is -0.135. The number of rotatable bonds is 7. The number of aryl methyl sites for hydroxylation is 2. The van der Waals surface area contributed by atoms with E-state index in [-0.39, 0.29) is 5.91 Å². The third kappa shape index (κ3) is 5.09. The number of benzene rings is 1. The lowest BCUT2D eigenvalue weighted by Gasteiger charge is -2.10. The molecule has 0 spiro atoms. The number of hydrogen-bond acceptors (Lipinski definition) is 3. The Morgan fingerprint density at radius 2 is 1.96 bits per heavy atom. The first-order valence-corrected chi connectivity index (χ1v) is 8.18. The molecule has 2 aromatic rings. The summed E-state index contributed by atoms with van der Waals surface area (Å²) in [6.45, 7) is 7.09. The van der Waals surface area contributed by atoms with E-state index in [9.17, 15) is 4.79 Å². The molecule has 2 N–H and O–H groups in total. The number of nitrogens with one attached hydrogen (secondary N) is 2. The third-order valence-corrected chi connectivity index (χ3v) is 3.75. The smallest absolute Gasteiger partial charge is 0.257 e. The van der Waals surface area contributed by atoms with Crippen LogP contribution in [0, 0.1) is 13.8 Å². The first kappa shape index (κ1) is 17.0. The monoisotopic (exact) mass is 311 g/mol. The predicted octanol–water partition coefficient (Wildman–Crippen LogP) is 4.55. The fourth-order valence-electron chi connectivity index (χ4n) is 2.29. The summed E-state index contributed by atoms with van der Waals surface area (Å²) >= 11 is 0. The fourth-order valence-corrected chi connectivity index (χ4v) is 2.29. The van der Waals surface area contributed by atoms with Crippen LogP contribution >= 0.6 is 0 Å². The number of carbonyl (C=O) groups is 1. The van der Waals surface area contributed by atoms with Crippen LogP contribution in [-0.4, -0.2) is 17.4 Å². The Hall–Kier alpha value is -2.36. The van der Waals surface area contributed by atoms with Crippen molar-refractivity contribution >= 4 is 17.4 Å². The van der Waals surface area contributed by atoms with E-state index in [1.54, 1.807) is 12.3 Å². The molecule has 4 heteroatoms. The molecule has 0 atom stereocenters. The molecule has 0 aliphatic carbocycles. The molecule has 0 saturated heterocycles. The van der Waals surface area contributed by atoms with Crippen LogP contribution in [-0.2, 0) is 0 Å². The molecule has 4 nitrogen and oxygen atoms in total. The summed E-state index contributed by atoms with van der Waals surface area (Å²) < 4.78 is 0. The maximum atomic E-state index is 12.3. The van der Waals surface area contributed by atoms with Crippen LogP contribution in [0.4, 0.5) is 11.5 Å². The fraction of sp³-hybridized carbons (Fsp3) is 0.368. The van der Waals surface area contributed by atoms with Crippen molar-refractivity contribution in [3.63, 3.8) is 0 Å². The van der Waals surface area contributed by atoms with Gasteiger partial charge in [-0.05, 0) is 49.6 Å². The normalized spacial score (nSPS) is 10.4. The van der Waals surface area contributed by atoms with Gasteiger partial charge in [0.2, 0.25) is 0 Å². The Bertz CT molecular complexity index is 650. The quantitative estimate of drug-likeness (QED) is 0.737. The van der Waals surface area contributed by atoms with E-state index in [1.165, 1.54) is 12.8 Å². The summed E-state index contributed by atoms with van der Waals surface area (Å²) in [6.07, 6.45) is 5.16. The van der Waals surface area contributed by atoms with Crippen molar-refractivity contribution in [1.82, 2.24) is 4.98 Å². The minimum Gasteiger partial charge on any atom is -0.370 e. The molecule has 0 fully saturated rings. The van der Waals surface area contributed by atoms with Crippen molar-refractivity contribution in [2.24, 2.45) is 0 Å². The second-order valence-corrected chi connectivity index (χ2v) is 5.84. The van der Waals surface area contributed by atoms with Crippen LogP contribution in [0.2, 0.25) is 0 Å². The third-order valence-electron chi connectivity index (χ3n) is 3.75. The topological polar surface area (TPSA) is 54.0 Å². The average molecular weight is 311 g/mol. The molecule has 1 heterocycles. The van der Waals surface area contributed by atoms with Gasteiger partial charge in [-0.15, -0.1) is 0 Å². The van der Waals surface area contributed by atoms with Gasteiger partial charge in [-0.2, -0.15) is 0 Å². The van der Waals surface area contributed by atoms with Gasteiger partial charge < -0.3 is 10.6 Å². The summed E-state index contributed by atoms with van der Waals surface area (Å²) in [5.41, 5.74) is 3.57. The van der Waals surface area contributed by atoms with Crippen molar-refractivity contribution < 1.29 is 4.79 Å². The molecule has 0 unspecified atom stereocenters. The molecular weight excluding hydrogens is 286 g/mol. The van der Waals surface area contributed by atoms with Crippen LogP contribution in [0.5, 0.6) is 0 Å². The first-order chi connectivity index (χ1) is 11.1. The van der Waals surface area contributed by atoms with Gasteiger partial charge in [0.15, 0.2) is 0 Å². The second-order valence-electron chi connectivity index (χ2n) is 5.84. The standard InChI is InChI=1S/C19H25N3O/c1-4-5-6-11-20-18-10-9-16(13-21-18)19(23)22-17-12-14(2)7-8-15(17)3/h7-10,12-13H,4-6,11H2,1-3H3,(H,20,21)(H,22,23). The summed E-state index contributed by atoms with van der Waals surface area (Å²) in [5.74, 6) is 0.674. The summed E-state index contributed by atoms with van der Waals surface area (Å²) in [5, 5.41) is 6.22. The summed E-state index contributed by atoms with van der Waals surface area (Å²) in [6, 6.07) is 9.67.